The highest BCUT2D eigenvalue weighted by Gasteiger charge is 2.38. The van der Waals surface area contributed by atoms with E-state index in [1.807, 2.05) is 11.0 Å². The average Bonchev–Trinajstić information content (AvgIpc) is 3.25. The van der Waals surface area contributed by atoms with E-state index in [2.05, 4.69) is 42.1 Å². The largest absolute Gasteiger partial charge is 0.483 e. The number of likely N-dealkylation sites (tertiary alicyclic amines) is 1. The van der Waals surface area contributed by atoms with Gasteiger partial charge in [-0.15, -0.1) is 0 Å². The first kappa shape index (κ1) is 25.1. The maximum atomic E-state index is 13.1. The zero-order valence-corrected chi connectivity index (χ0v) is 20.9. The summed E-state index contributed by atoms with van der Waals surface area (Å²) in [7, 11) is 1.55. The van der Waals surface area contributed by atoms with E-state index in [1.54, 1.807) is 19.4 Å². The number of carbonyl (C=O) groups excluding carboxylic acids is 1. The minimum Gasteiger partial charge on any atom is -0.483 e. The fourth-order valence-electron chi connectivity index (χ4n) is 4.39. The molecule has 2 aromatic heterocycles. The number of aromatic nitrogens is 3. The normalized spacial score (nSPS) is 19.6. The van der Waals surface area contributed by atoms with Crippen LogP contribution in [0, 0.1) is 11.3 Å². The van der Waals surface area contributed by atoms with Gasteiger partial charge in [-0.3, -0.25) is 9.59 Å². The molecule has 0 aromatic carbocycles. The van der Waals surface area contributed by atoms with Crippen molar-refractivity contribution >= 4 is 27.7 Å². The van der Waals surface area contributed by atoms with Gasteiger partial charge in [0.1, 0.15) is 28.6 Å². The molecule has 186 valence electrons. The second kappa shape index (κ2) is 11.6. The average molecular weight is 547 g/mol. The Kier molecular flexibility index (Phi) is 8.33. The Hall–Kier alpha value is -3.01. The molecule has 2 fully saturated rings. The Balaban J connectivity index is 1.28. The fraction of sp³-hybridized carbons (Fsp3) is 0.522. The number of rotatable bonds is 9. The van der Waals surface area contributed by atoms with Gasteiger partial charge in [-0.25, -0.2) is 10.1 Å². The van der Waals surface area contributed by atoms with Crippen LogP contribution in [0.5, 0.6) is 5.75 Å². The van der Waals surface area contributed by atoms with Crippen molar-refractivity contribution in [2.24, 2.45) is 0 Å². The Bertz CT molecular complexity index is 1110. The first-order valence-corrected chi connectivity index (χ1v) is 12.2. The van der Waals surface area contributed by atoms with E-state index < -0.39 is 17.8 Å². The number of pyridine rings is 1. The summed E-state index contributed by atoms with van der Waals surface area (Å²) < 4.78 is 17.2. The van der Waals surface area contributed by atoms with Crippen molar-refractivity contribution < 1.29 is 19.0 Å². The summed E-state index contributed by atoms with van der Waals surface area (Å²) in [5, 5.41) is 15.0. The Morgan fingerprint density at radius 1 is 1.20 bits per heavy atom. The first-order chi connectivity index (χ1) is 17.0. The highest BCUT2D eigenvalue weighted by atomic mass is 79.9. The summed E-state index contributed by atoms with van der Waals surface area (Å²) in [5.41, 5.74) is 0.138. The zero-order valence-electron chi connectivity index (χ0n) is 19.4. The van der Waals surface area contributed by atoms with Crippen LogP contribution < -0.4 is 15.2 Å². The minimum absolute atomic E-state index is 0.00452. The lowest BCUT2D eigenvalue weighted by atomic mass is 10.0. The maximum Gasteiger partial charge on any atom is 0.282 e. The van der Waals surface area contributed by atoms with E-state index in [0.717, 1.165) is 31.7 Å². The van der Waals surface area contributed by atoms with Crippen LogP contribution in [0.25, 0.3) is 0 Å². The third kappa shape index (κ3) is 5.98. The van der Waals surface area contributed by atoms with Crippen molar-refractivity contribution in [2.45, 2.75) is 37.5 Å². The highest BCUT2D eigenvalue weighted by Crippen LogP contribution is 2.26. The number of nitrogens with zero attached hydrogens (tertiary/aromatic N) is 5. The summed E-state index contributed by atoms with van der Waals surface area (Å²) >= 11 is 3.19. The second-order valence-corrected chi connectivity index (χ2v) is 9.24. The number of amides is 1. The molecule has 2 aromatic rings. The molecule has 12 heteroatoms. The molecule has 0 radical (unpaired) electrons. The third-order valence-corrected chi connectivity index (χ3v) is 6.94. The van der Waals surface area contributed by atoms with Crippen molar-refractivity contribution in [3.05, 3.63) is 44.9 Å². The molecular weight excluding hydrogens is 520 g/mol. The lowest BCUT2D eigenvalue weighted by Gasteiger charge is -2.37. The van der Waals surface area contributed by atoms with Crippen molar-refractivity contribution in [1.82, 2.24) is 20.1 Å². The number of H-pyrrole nitrogens is 1. The molecule has 0 aliphatic carbocycles. The number of nitrogens with one attached hydrogen (secondary N) is 1. The number of nitriles is 1. The van der Waals surface area contributed by atoms with Crippen molar-refractivity contribution in [3.63, 3.8) is 0 Å². The fourth-order valence-corrected chi connectivity index (χ4v) is 4.68. The van der Waals surface area contributed by atoms with Crippen LogP contribution >= 0.6 is 15.9 Å². The van der Waals surface area contributed by atoms with E-state index in [1.165, 1.54) is 6.20 Å². The van der Waals surface area contributed by atoms with Crippen LogP contribution in [0.2, 0.25) is 0 Å². The number of ether oxygens (including phenoxy) is 3. The number of aromatic amines is 1. The number of carbonyl (C=O) groups is 1. The SMILES string of the molecule is COCC(COC1CCN(C2CCN(c3ccc(C#N)cn3)CC2)C1=O)Oc1cn[nH]c(=O)c1Br. The number of anilines is 1. The van der Waals surface area contributed by atoms with Gasteiger partial charge in [0.05, 0.1) is 25.0 Å². The van der Waals surface area contributed by atoms with Crippen molar-refractivity contribution in [2.75, 3.05) is 44.9 Å². The molecule has 4 rings (SSSR count). The summed E-state index contributed by atoms with van der Waals surface area (Å²) in [4.78, 5) is 33.3. The van der Waals surface area contributed by atoms with Crippen LogP contribution in [-0.4, -0.2) is 84.2 Å². The topological polar surface area (TPSA) is 134 Å². The van der Waals surface area contributed by atoms with Gasteiger partial charge in [0.15, 0.2) is 5.75 Å². The van der Waals surface area contributed by atoms with Gasteiger partial charge in [-0.2, -0.15) is 10.4 Å². The predicted octanol–water partition coefficient (Wildman–Crippen LogP) is 1.48. The number of piperidine rings is 1. The lowest BCUT2D eigenvalue weighted by Crippen LogP contribution is -2.47. The standard InChI is InChI=1S/C23H27BrN6O5/c1-33-13-17(35-19-12-27-28-22(31)21(19)24)14-34-18-6-9-30(23(18)32)16-4-7-29(8-5-16)20-3-2-15(10-25)11-26-20/h2-3,11-12,16-18H,4-9,13-14H2,1H3,(H,28,31). The minimum atomic E-state index is -0.531. The Morgan fingerprint density at radius 3 is 2.69 bits per heavy atom. The molecule has 2 saturated heterocycles. The highest BCUT2D eigenvalue weighted by molar-refractivity contribution is 9.10. The van der Waals surface area contributed by atoms with Gasteiger partial charge < -0.3 is 24.0 Å². The van der Waals surface area contributed by atoms with Gasteiger partial charge in [-0.05, 0) is 40.9 Å². The van der Waals surface area contributed by atoms with Crippen LogP contribution in [-0.2, 0) is 14.3 Å². The van der Waals surface area contributed by atoms with Crippen molar-refractivity contribution in [1.29, 1.82) is 5.26 Å². The van der Waals surface area contributed by atoms with Gasteiger partial charge in [0.2, 0.25) is 0 Å². The lowest BCUT2D eigenvalue weighted by molar-refractivity contribution is -0.141. The number of hydrogen-bond acceptors (Lipinski definition) is 9. The summed E-state index contributed by atoms with van der Waals surface area (Å²) in [6.07, 6.45) is 4.25. The van der Waals surface area contributed by atoms with Gasteiger partial charge in [0, 0.05) is 45.4 Å². The molecule has 0 saturated carbocycles. The molecule has 1 N–H and O–H groups in total. The molecule has 4 heterocycles. The number of methoxy groups -OCH3 is 1. The van der Waals surface area contributed by atoms with Crippen LogP contribution in [0.1, 0.15) is 24.8 Å². The maximum absolute atomic E-state index is 13.1. The molecule has 1 amide bonds. The Labute approximate surface area is 211 Å². The number of halogens is 1. The quantitative estimate of drug-likeness (QED) is 0.496. The van der Waals surface area contributed by atoms with Gasteiger partial charge >= 0.3 is 0 Å². The van der Waals surface area contributed by atoms with E-state index in [-0.39, 0.29) is 35.4 Å². The Morgan fingerprint density at radius 2 is 2.00 bits per heavy atom. The molecule has 2 aliphatic heterocycles. The first-order valence-electron chi connectivity index (χ1n) is 11.4. The van der Waals surface area contributed by atoms with Crippen LogP contribution in [0.3, 0.4) is 0 Å². The van der Waals surface area contributed by atoms with Gasteiger partial charge in [-0.1, -0.05) is 0 Å². The second-order valence-electron chi connectivity index (χ2n) is 8.45. The molecular formula is C23H27BrN6O5. The van der Waals surface area contributed by atoms with E-state index >= 15 is 0 Å². The molecule has 2 aliphatic rings. The zero-order chi connectivity index (χ0) is 24.8. The molecule has 0 spiro atoms. The van der Waals surface area contributed by atoms with E-state index in [4.69, 9.17) is 19.5 Å². The van der Waals surface area contributed by atoms with Crippen LogP contribution in [0.15, 0.2) is 33.8 Å². The van der Waals surface area contributed by atoms with Crippen LogP contribution in [0.4, 0.5) is 5.82 Å². The molecule has 2 atom stereocenters. The molecule has 11 nitrogen and oxygen atoms in total. The predicted molar refractivity (Wildman–Crippen MR) is 129 cm³/mol. The monoisotopic (exact) mass is 546 g/mol. The molecule has 2 unspecified atom stereocenters. The molecule has 0 bridgehead atoms. The van der Waals surface area contributed by atoms with E-state index in [9.17, 15) is 9.59 Å². The summed E-state index contributed by atoms with van der Waals surface area (Å²) in [5.74, 6) is 1.13. The van der Waals surface area contributed by atoms with Gasteiger partial charge in [0.25, 0.3) is 11.5 Å². The van der Waals surface area contributed by atoms with E-state index in [0.29, 0.717) is 18.5 Å². The van der Waals surface area contributed by atoms with Crippen molar-refractivity contribution in [3.8, 4) is 11.8 Å². The molecule has 35 heavy (non-hydrogen) atoms. The summed E-state index contributed by atoms with van der Waals surface area (Å²) in [6, 6.07) is 5.88. The number of hydrogen-bond donors (Lipinski definition) is 1. The summed E-state index contributed by atoms with van der Waals surface area (Å²) in [6.45, 7) is 2.61. The third-order valence-electron chi connectivity index (χ3n) is 6.19. The smallest absolute Gasteiger partial charge is 0.282 e.